The fourth-order valence-electron chi connectivity index (χ4n) is 3.03. The van der Waals surface area contributed by atoms with Gasteiger partial charge in [-0.2, -0.15) is 0 Å². The van der Waals surface area contributed by atoms with Crippen molar-refractivity contribution in [2.24, 2.45) is 0 Å². The van der Waals surface area contributed by atoms with Crippen LogP contribution in [0, 0.1) is 6.92 Å². The summed E-state index contributed by atoms with van der Waals surface area (Å²) in [5, 5.41) is 8.88. The number of nitrogens with zero attached hydrogens (tertiary/aromatic N) is 3. The molecule has 0 fully saturated rings. The van der Waals surface area contributed by atoms with Crippen molar-refractivity contribution in [3.8, 4) is 16.9 Å². The zero-order chi connectivity index (χ0) is 18.1. The maximum Gasteiger partial charge on any atom is 0.307 e. The Labute approximate surface area is 150 Å². The number of benzene rings is 2. The van der Waals surface area contributed by atoms with Gasteiger partial charge in [0.2, 0.25) is 0 Å². The Morgan fingerprint density at radius 3 is 2.62 bits per heavy atom. The number of rotatable bonds is 4. The van der Waals surface area contributed by atoms with Crippen LogP contribution in [0.3, 0.4) is 0 Å². The lowest BCUT2D eigenvalue weighted by atomic mass is 10.1. The van der Waals surface area contributed by atoms with E-state index in [0.29, 0.717) is 0 Å². The molecule has 0 atom stereocenters. The second-order valence-electron chi connectivity index (χ2n) is 6.22. The fraction of sp³-hybridized carbons (Fsp3) is 0.0952. The Morgan fingerprint density at radius 2 is 1.88 bits per heavy atom. The summed E-state index contributed by atoms with van der Waals surface area (Å²) < 4.78 is 1.99. The first kappa shape index (κ1) is 16.0. The molecule has 2 heterocycles. The van der Waals surface area contributed by atoms with Crippen LogP contribution in [0.5, 0.6) is 0 Å². The first-order chi connectivity index (χ1) is 12.6. The summed E-state index contributed by atoms with van der Waals surface area (Å²) >= 11 is 0. The number of fused-ring (bicyclic) bond motifs is 1. The average Bonchev–Trinajstić information content (AvgIpc) is 3.05. The van der Waals surface area contributed by atoms with Crippen LogP contribution in [0.1, 0.15) is 11.3 Å². The van der Waals surface area contributed by atoms with E-state index in [0.717, 1.165) is 39.2 Å². The molecule has 0 unspecified atom stereocenters. The molecule has 5 nitrogen and oxygen atoms in total. The highest BCUT2D eigenvalue weighted by molar-refractivity contribution is 5.82. The number of aryl methyl sites for hydroxylation is 1. The lowest BCUT2D eigenvalue weighted by Gasteiger charge is -2.06. The summed E-state index contributed by atoms with van der Waals surface area (Å²) in [6, 6.07) is 19.6. The van der Waals surface area contributed by atoms with Crippen molar-refractivity contribution in [2.45, 2.75) is 13.3 Å². The normalized spacial score (nSPS) is 11.0. The first-order valence-electron chi connectivity index (χ1n) is 8.32. The number of carbonyl (C=O) groups is 1. The number of hydrogen-bond donors (Lipinski definition) is 1. The van der Waals surface area contributed by atoms with E-state index in [1.54, 1.807) is 6.33 Å². The summed E-state index contributed by atoms with van der Waals surface area (Å²) in [6.45, 7) is 1.98. The van der Waals surface area contributed by atoms with Crippen LogP contribution >= 0.6 is 0 Å². The van der Waals surface area contributed by atoms with Crippen molar-refractivity contribution in [1.82, 2.24) is 14.5 Å². The third-order valence-corrected chi connectivity index (χ3v) is 4.30. The van der Waals surface area contributed by atoms with Crippen molar-refractivity contribution in [1.29, 1.82) is 0 Å². The summed E-state index contributed by atoms with van der Waals surface area (Å²) in [4.78, 5) is 19.9. The number of carboxylic acids is 1. The number of carboxylic acid groups (broad SMARTS) is 1. The molecule has 0 bridgehead atoms. The highest BCUT2D eigenvalue weighted by atomic mass is 16.4. The smallest absolute Gasteiger partial charge is 0.307 e. The maximum absolute atomic E-state index is 10.8. The molecule has 2 aromatic carbocycles. The van der Waals surface area contributed by atoms with Gasteiger partial charge in [-0.25, -0.2) is 4.98 Å². The molecule has 0 spiro atoms. The van der Waals surface area contributed by atoms with Gasteiger partial charge in [-0.3, -0.25) is 14.3 Å². The zero-order valence-electron chi connectivity index (χ0n) is 14.3. The van der Waals surface area contributed by atoms with Gasteiger partial charge in [0.25, 0.3) is 0 Å². The minimum Gasteiger partial charge on any atom is -0.481 e. The minimum atomic E-state index is -0.830. The van der Waals surface area contributed by atoms with Gasteiger partial charge in [0.1, 0.15) is 6.33 Å². The van der Waals surface area contributed by atoms with Gasteiger partial charge in [0, 0.05) is 16.9 Å². The van der Waals surface area contributed by atoms with Crippen LogP contribution in [0.15, 0.2) is 67.0 Å². The molecule has 4 rings (SSSR count). The number of aliphatic carboxylic acids is 1. The largest absolute Gasteiger partial charge is 0.481 e. The summed E-state index contributed by atoms with van der Waals surface area (Å²) in [5.74, 6) is -0.830. The fourth-order valence-corrected chi connectivity index (χ4v) is 3.03. The van der Waals surface area contributed by atoms with Crippen molar-refractivity contribution in [2.75, 3.05) is 0 Å². The molecule has 0 aliphatic heterocycles. The lowest BCUT2D eigenvalue weighted by molar-refractivity contribution is -0.136. The lowest BCUT2D eigenvalue weighted by Crippen LogP contribution is -2.00. The van der Waals surface area contributed by atoms with Crippen molar-refractivity contribution < 1.29 is 9.90 Å². The Morgan fingerprint density at radius 1 is 1.08 bits per heavy atom. The van der Waals surface area contributed by atoms with E-state index in [1.807, 2.05) is 72.2 Å². The van der Waals surface area contributed by atoms with Gasteiger partial charge < -0.3 is 5.11 Å². The zero-order valence-corrected chi connectivity index (χ0v) is 14.3. The third-order valence-electron chi connectivity index (χ3n) is 4.30. The van der Waals surface area contributed by atoms with Crippen LogP contribution in [-0.2, 0) is 11.2 Å². The van der Waals surface area contributed by atoms with E-state index in [2.05, 4.69) is 9.97 Å². The summed E-state index contributed by atoms with van der Waals surface area (Å²) in [5.41, 5.74) is 6.55. The molecule has 0 saturated heterocycles. The molecule has 1 N–H and O–H groups in total. The number of aromatic nitrogens is 3. The highest BCUT2D eigenvalue weighted by Crippen LogP contribution is 2.24. The molecule has 0 amide bonds. The van der Waals surface area contributed by atoms with Crippen LogP contribution < -0.4 is 0 Å². The van der Waals surface area contributed by atoms with Gasteiger partial charge >= 0.3 is 5.97 Å². The molecule has 128 valence electrons. The number of pyridine rings is 1. The first-order valence-corrected chi connectivity index (χ1v) is 8.32. The highest BCUT2D eigenvalue weighted by Gasteiger charge is 2.08. The monoisotopic (exact) mass is 343 g/mol. The third kappa shape index (κ3) is 3.07. The molecule has 0 aliphatic carbocycles. The molecule has 5 heteroatoms. The Kier molecular flexibility index (Phi) is 3.97. The Bertz CT molecular complexity index is 1100. The molecule has 2 aromatic heterocycles. The maximum atomic E-state index is 10.8. The van der Waals surface area contributed by atoms with Crippen LogP contribution in [0.25, 0.3) is 28.0 Å². The Hall–Kier alpha value is -3.47. The van der Waals surface area contributed by atoms with E-state index < -0.39 is 5.97 Å². The standard InChI is InChI=1S/C21H17N3O2/c1-14-3-2-4-18(23-14)16-7-10-20-19(12-16)22-13-24(20)17-8-5-15(6-9-17)11-21(25)26/h2-10,12-13H,11H2,1H3,(H,25,26). The summed E-state index contributed by atoms with van der Waals surface area (Å²) in [6.07, 6.45) is 1.81. The SMILES string of the molecule is Cc1cccc(-c2ccc3c(c2)ncn3-c2ccc(CC(=O)O)cc2)n1. The molecule has 26 heavy (non-hydrogen) atoms. The molecule has 0 aliphatic rings. The van der Waals surface area contributed by atoms with E-state index in [-0.39, 0.29) is 6.42 Å². The predicted octanol–water partition coefficient (Wildman–Crippen LogP) is 4.02. The predicted molar refractivity (Wildman–Crippen MR) is 100 cm³/mol. The van der Waals surface area contributed by atoms with Crippen LogP contribution in [0.2, 0.25) is 0 Å². The summed E-state index contributed by atoms with van der Waals surface area (Å²) in [7, 11) is 0. The van der Waals surface area contributed by atoms with Gasteiger partial charge in [0.05, 0.1) is 23.1 Å². The quantitative estimate of drug-likeness (QED) is 0.607. The minimum absolute atomic E-state index is 0.0256. The second-order valence-corrected chi connectivity index (χ2v) is 6.22. The van der Waals surface area contributed by atoms with Gasteiger partial charge in [0.15, 0.2) is 0 Å². The van der Waals surface area contributed by atoms with E-state index in [1.165, 1.54) is 0 Å². The number of imidazole rings is 1. The van der Waals surface area contributed by atoms with Crippen molar-refractivity contribution >= 4 is 17.0 Å². The van der Waals surface area contributed by atoms with Gasteiger partial charge in [-0.15, -0.1) is 0 Å². The van der Waals surface area contributed by atoms with E-state index in [4.69, 9.17) is 5.11 Å². The van der Waals surface area contributed by atoms with Crippen LogP contribution in [0.4, 0.5) is 0 Å². The van der Waals surface area contributed by atoms with Crippen LogP contribution in [-0.4, -0.2) is 25.6 Å². The topological polar surface area (TPSA) is 68.0 Å². The molecular weight excluding hydrogens is 326 g/mol. The Balaban J connectivity index is 1.70. The van der Waals surface area contributed by atoms with Crippen molar-refractivity contribution in [3.63, 3.8) is 0 Å². The number of hydrogen-bond acceptors (Lipinski definition) is 3. The molecule has 0 saturated carbocycles. The molecule has 4 aromatic rings. The van der Waals surface area contributed by atoms with Gasteiger partial charge in [-0.05, 0) is 48.9 Å². The van der Waals surface area contributed by atoms with E-state index in [9.17, 15) is 4.79 Å². The second kappa shape index (κ2) is 6.44. The average molecular weight is 343 g/mol. The molecule has 0 radical (unpaired) electrons. The van der Waals surface area contributed by atoms with Crippen molar-refractivity contribution in [3.05, 3.63) is 78.2 Å². The van der Waals surface area contributed by atoms with E-state index >= 15 is 0 Å². The molecular formula is C21H17N3O2. The van der Waals surface area contributed by atoms with Gasteiger partial charge in [-0.1, -0.05) is 24.3 Å².